The monoisotopic (exact) mass is 280 g/mol. The fourth-order valence-electron chi connectivity index (χ4n) is 1.89. The zero-order valence-electron chi connectivity index (χ0n) is 10.9. The molecule has 4 heteroatoms. The van der Waals surface area contributed by atoms with Crippen molar-refractivity contribution in [3.63, 3.8) is 0 Å². The van der Waals surface area contributed by atoms with Crippen LogP contribution in [0.1, 0.15) is 24.8 Å². The second kappa shape index (κ2) is 7.40. The fraction of sp³-hybridized carbons (Fsp3) is 0.467. The number of hydrogen-bond donors (Lipinski definition) is 0. The SMILES string of the molecule is COc1ccc(Cl)cc1C#CCOC1CCCCO1. The van der Waals surface area contributed by atoms with E-state index in [1.54, 1.807) is 25.3 Å². The maximum absolute atomic E-state index is 5.93. The molecule has 0 saturated carbocycles. The van der Waals surface area contributed by atoms with Crippen LogP contribution in [0.4, 0.5) is 0 Å². The van der Waals surface area contributed by atoms with Crippen LogP contribution in [0.15, 0.2) is 18.2 Å². The molecule has 1 aliphatic heterocycles. The first kappa shape index (κ1) is 14.2. The van der Waals surface area contributed by atoms with Crippen molar-refractivity contribution in [2.45, 2.75) is 25.6 Å². The normalized spacial score (nSPS) is 18.5. The van der Waals surface area contributed by atoms with Crippen molar-refractivity contribution in [1.82, 2.24) is 0 Å². The molecule has 0 aliphatic carbocycles. The minimum atomic E-state index is -0.107. The predicted octanol–water partition coefficient (Wildman–Crippen LogP) is 3.24. The predicted molar refractivity (Wildman–Crippen MR) is 74.4 cm³/mol. The molecule has 102 valence electrons. The molecule has 1 aromatic rings. The lowest BCUT2D eigenvalue weighted by molar-refractivity contribution is -0.154. The molecule has 1 aromatic carbocycles. The van der Waals surface area contributed by atoms with Crippen LogP contribution in [0.3, 0.4) is 0 Å². The number of methoxy groups -OCH3 is 1. The molecular formula is C15H17ClO3. The van der Waals surface area contributed by atoms with E-state index >= 15 is 0 Å². The summed E-state index contributed by atoms with van der Waals surface area (Å²) in [6.07, 6.45) is 3.11. The quantitative estimate of drug-likeness (QED) is 0.796. The van der Waals surface area contributed by atoms with Crippen molar-refractivity contribution in [2.75, 3.05) is 20.3 Å². The van der Waals surface area contributed by atoms with Gasteiger partial charge in [-0.3, -0.25) is 0 Å². The Morgan fingerprint density at radius 3 is 3.05 bits per heavy atom. The third-order valence-electron chi connectivity index (χ3n) is 2.86. The summed E-state index contributed by atoms with van der Waals surface area (Å²) in [7, 11) is 1.61. The second-order valence-corrected chi connectivity index (χ2v) is 4.69. The van der Waals surface area contributed by atoms with Gasteiger partial charge in [-0.1, -0.05) is 23.4 Å². The number of benzene rings is 1. The van der Waals surface area contributed by atoms with Crippen molar-refractivity contribution < 1.29 is 14.2 Å². The third kappa shape index (κ3) is 4.43. The Kier molecular flexibility index (Phi) is 5.53. The Labute approximate surface area is 118 Å². The van der Waals surface area contributed by atoms with Gasteiger partial charge in [0.2, 0.25) is 0 Å². The van der Waals surface area contributed by atoms with Gasteiger partial charge in [0.25, 0.3) is 0 Å². The molecule has 0 N–H and O–H groups in total. The van der Waals surface area contributed by atoms with Crippen molar-refractivity contribution >= 4 is 11.6 Å². The van der Waals surface area contributed by atoms with Gasteiger partial charge in [0.05, 0.1) is 12.7 Å². The summed E-state index contributed by atoms with van der Waals surface area (Å²) in [6, 6.07) is 5.36. The molecule has 1 aliphatic rings. The molecule has 1 fully saturated rings. The Balaban J connectivity index is 1.90. The summed E-state index contributed by atoms with van der Waals surface area (Å²) in [5.74, 6) is 6.68. The average Bonchev–Trinajstić information content (AvgIpc) is 2.45. The second-order valence-electron chi connectivity index (χ2n) is 4.25. The minimum absolute atomic E-state index is 0.107. The molecular weight excluding hydrogens is 264 g/mol. The minimum Gasteiger partial charge on any atom is -0.495 e. The van der Waals surface area contributed by atoms with Crippen molar-refractivity contribution in [3.05, 3.63) is 28.8 Å². The van der Waals surface area contributed by atoms with E-state index in [2.05, 4.69) is 11.8 Å². The standard InChI is InChI=1S/C15H17ClO3/c1-17-14-8-7-13(16)11-12(14)5-4-10-19-15-6-2-3-9-18-15/h7-8,11,15H,2-3,6,9-10H2,1H3. The van der Waals surface area contributed by atoms with E-state index < -0.39 is 0 Å². The van der Waals surface area contributed by atoms with E-state index in [1.165, 1.54) is 0 Å². The van der Waals surface area contributed by atoms with Crippen LogP contribution < -0.4 is 4.74 Å². The van der Waals surface area contributed by atoms with Crippen molar-refractivity contribution in [1.29, 1.82) is 0 Å². The lowest BCUT2D eigenvalue weighted by Crippen LogP contribution is -2.22. The Morgan fingerprint density at radius 1 is 1.42 bits per heavy atom. The smallest absolute Gasteiger partial charge is 0.158 e. The molecule has 0 bridgehead atoms. The van der Waals surface area contributed by atoms with Crippen molar-refractivity contribution in [2.24, 2.45) is 0 Å². The molecule has 1 atom stereocenters. The van der Waals surface area contributed by atoms with Crippen molar-refractivity contribution in [3.8, 4) is 17.6 Å². The van der Waals surface area contributed by atoms with Gasteiger partial charge in [-0.2, -0.15) is 0 Å². The largest absolute Gasteiger partial charge is 0.495 e. The highest BCUT2D eigenvalue weighted by Gasteiger charge is 2.12. The lowest BCUT2D eigenvalue weighted by atomic mass is 10.2. The molecule has 1 saturated heterocycles. The van der Waals surface area contributed by atoms with Crippen LogP contribution in [0.25, 0.3) is 0 Å². The van der Waals surface area contributed by atoms with E-state index in [-0.39, 0.29) is 6.29 Å². The van der Waals surface area contributed by atoms with Gasteiger partial charge in [-0.25, -0.2) is 0 Å². The maximum Gasteiger partial charge on any atom is 0.158 e. The maximum atomic E-state index is 5.93. The first-order valence-corrected chi connectivity index (χ1v) is 6.73. The Bertz CT molecular complexity index is 470. The van der Waals surface area contributed by atoms with Gasteiger partial charge in [0, 0.05) is 11.6 Å². The van der Waals surface area contributed by atoms with Gasteiger partial charge in [-0.15, -0.1) is 0 Å². The van der Waals surface area contributed by atoms with Crippen LogP contribution in [0, 0.1) is 11.8 Å². The van der Waals surface area contributed by atoms with Gasteiger partial charge < -0.3 is 14.2 Å². The van der Waals surface area contributed by atoms with Crippen LogP contribution in [0.5, 0.6) is 5.75 Å². The number of hydrogen-bond acceptors (Lipinski definition) is 3. The molecule has 2 rings (SSSR count). The number of rotatable bonds is 3. The summed E-state index contributed by atoms with van der Waals surface area (Å²) in [5.41, 5.74) is 0.767. The molecule has 1 unspecified atom stereocenters. The first-order valence-electron chi connectivity index (χ1n) is 6.35. The Hall–Kier alpha value is -1.21. The highest BCUT2D eigenvalue weighted by atomic mass is 35.5. The van der Waals surface area contributed by atoms with Gasteiger partial charge in [0.1, 0.15) is 12.4 Å². The van der Waals surface area contributed by atoms with Crippen LogP contribution in [-0.2, 0) is 9.47 Å². The molecule has 3 nitrogen and oxygen atoms in total. The summed E-state index contributed by atoms with van der Waals surface area (Å²) >= 11 is 5.93. The summed E-state index contributed by atoms with van der Waals surface area (Å²) < 4.78 is 16.2. The molecule has 0 amide bonds. The number of halogens is 1. The molecule has 0 aromatic heterocycles. The average molecular weight is 281 g/mol. The highest BCUT2D eigenvalue weighted by Crippen LogP contribution is 2.21. The zero-order chi connectivity index (χ0) is 13.5. The van der Waals surface area contributed by atoms with Gasteiger partial charge in [0.15, 0.2) is 6.29 Å². The van der Waals surface area contributed by atoms with Gasteiger partial charge >= 0.3 is 0 Å². The molecule has 0 spiro atoms. The zero-order valence-corrected chi connectivity index (χ0v) is 11.7. The first-order chi connectivity index (χ1) is 9.29. The Morgan fingerprint density at radius 2 is 2.32 bits per heavy atom. The topological polar surface area (TPSA) is 27.7 Å². The molecule has 19 heavy (non-hydrogen) atoms. The van der Waals surface area contributed by atoms with Gasteiger partial charge in [-0.05, 0) is 37.5 Å². The summed E-state index contributed by atoms with van der Waals surface area (Å²) in [6.45, 7) is 1.13. The van der Waals surface area contributed by atoms with Crippen LogP contribution >= 0.6 is 11.6 Å². The van der Waals surface area contributed by atoms with Crippen LogP contribution in [-0.4, -0.2) is 26.6 Å². The van der Waals surface area contributed by atoms with E-state index in [9.17, 15) is 0 Å². The van der Waals surface area contributed by atoms with E-state index in [1.807, 2.05) is 0 Å². The lowest BCUT2D eigenvalue weighted by Gasteiger charge is -2.21. The third-order valence-corrected chi connectivity index (χ3v) is 3.10. The van der Waals surface area contributed by atoms with E-state index in [4.69, 9.17) is 25.8 Å². The van der Waals surface area contributed by atoms with E-state index in [0.717, 1.165) is 31.4 Å². The van der Waals surface area contributed by atoms with Crippen LogP contribution in [0.2, 0.25) is 5.02 Å². The number of ether oxygens (including phenoxy) is 3. The summed E-state index contributed by atoms with van der Waals surface area (Å²) in [4.78, 5) is 0. The molecule has 0 radical (unpaired) electrons. The summed E-state index contributed by atoms with van der Waals surface area (Å²) in [5, 5.41) is 0.640. The fourth-order valence-corrected chi connectivity index (χ4v) is 2.06. The van der Waals surface area contributed by atoms with E-state index in [0.29, 0.717) is 17.4 Å². The molecule has 1 heterocycles. The highest BCUT2D eigenvalue weighted by molar-refractivity contribution is 6.30.